The Labute approximate surface area is 185 Å². The maximum Gasteiger partial charge on any atom is 0.191 e. The number of nitrogens with one attached hydrogen (secondary N) is 3. The van der Waals surface area contributed by atoms with E-state index in [1.165, 1.54) is 5.56 Å². The number of ether oxygens (including phenoxy) is 1. The third-order valence-electron chi connectivity index (χ3n) is 3.85. The zero-order valence-corrected chi connectivity index (χ0v) is 19.1. The predicted octanol–water partition coefficient (Wildman–Crippen LogP) is 3.83. The lowest BCUT2D eigenvalue weighted by molar-refractivity contribution is 0.322. The Morgan fingerprint density at radius 1 is 1.04 bits per heavy atom. The van der Waals surface area contributed by atoms with Gasteiger partial charge in [-0.1, -0.05) is 23.8 Å². The van der Waals surface area contributed by atoms with Crippen molar-refractivity contribution in [3.63, 3.8) is 0 Å². The Kier molecular flexibility index (Phi) is 12.8. The highest BCUT2D eigenvalue weighted by molar-refractivity contribution is 14.0. The van der Waals surface area contributed by atoms with E-state index in [2.05, 4.69) is 51.9 Å². The number of benzene rings is 1. The molecule has 2 rings (SSSR count). The molecule has 0 aliphatic heterocycles. The summed E-state index contributed by atoms with van der Waals surface area (Å²) in [5.74, 6) is 2.65. The van der Waals surface area contributed by atoms with E-state index < -0.39 is 0 Å². The maximum atomic E-state index is 5.73. The zero-order valence-electron chi connectivity index (χ0n) is 16.8. The molecule has 0 bridgehead atoms. The van der Waals surface area contributed by atoms with Crippen LogP contribution in [0.1, 0.15) is 25.3 Å². The molecule has 0 saturated heterocycles. The van der Waals surface area contributed by atoms with E-state index in [0.29, 0.717) is 13.2 Å². The Morgan fingerprint density at radius 3 is 2.57 bits per heavy atom. The number of pyridine rings is 1. The van der Waals surface area contributed by atoms with Gasteiger partial charge in [-0.2, -0.15) is 0 Å². The highest BCUT2D eigenvalue weighted by atomic mass is 127. The molecule has 0 aliphatic carbocycles. The summed E-state index contributed by atoms with van der Waals surface area (Å²) in [5.41, 5.74) is 1.23. The molecular weight excluding hydrogens is 465 g/mol. The molecule has 0 aliphatic rings. The summed E-state index contributed by atoms with van der Waals surface area (Å²) in [6, 6.07) is 14.0. The lowest BCUT2D eigenvalue weighted by Gasteiger charge is -2.12. The number of aromatic nitrogens is 1. The van der Waals surface area contributed by atoms with E-state index >= 15 is 0 Å². The molecule has 3 N–H and O–H groups in total. The van der Waals surface area contributed by atoms with Gasteiger partial charge in [-0.25, -0.2) is 4.98 Å². The van der Waals surface area contributed by atoms with E-state index in [-0.39, 0.29) is 24.0 Å². The minimum Gasteiger partial charge on any atom is -0.492 e. The largest absolute Gasteiger partial charge is 0.492 e. The number of hydrogen-bond donors (Lipinski definition) is 3. The molecule has 0 amide bonds. The van der Waals surface area contributed by atoms with Crippen LogP contribution in [0.15, 0.2) is 53.7 Å². The van der Waals surface area contributed by atoms with Crippen molar-refractivity contribution in [3.8, 4) is 5.75 Å². The molecular formula is C21H32IN5O. The monoisotopic (exact) mass is 497 g/mol. The second kappa shape index (κ2) is 15.0. The Morgan fingerprint density at radius 2 is 1.86 bits per heavy atom. The molecule has 0 saturated carbocycles. The minimum absolute atomic E-state index is 0. The number of aliphatic imine (C=N–C) groups is 1. The molecule has 1 aromatic carbocycles. The van der Waals surface area contributed by atoms with Gasteiger partial charge >= 0.3 is 0 Å². The van der Waals surface area contributed by atoms with Crippen molar-refractivity contribution in [2.75, 3.05) is 38.1 Å². The molecule has 0 atom stereocenters. The molecule has 6 nitrogen and oxygen atoms in total. The summed E-state index contributed by atoms with van der Waals surface area (Å²) >= 11 is 0. The van der Waals surface area contributed by atoms with Gasteiger partial charge in [-0.05, 0) is 51.0 Å². The number of halogens is 1. The molecule has 0 radical (unpaired) electrons. The first-order valence-electron chi connectivity index (χ1n) is 9.64. The average molecular weight is 497 g/mol. The molecule has 0 unspecified atom stereocenters. The van der Waals surface area contributed by atoms with Crippen molar-refractivity contribution in [1.82, 2.24) is 15.6 Å². The second-order valence-corrected chi connectivity index (χ2v) is 6.20. The summed E-state index contributed by atoms with van der Waals surface area (Å²) in [4.78, 5) is 8.86. The smallest absolute Gasteiger partial charge is 0.191 e. The van der Waals surface area contributed by atoms with Crippen molar-refractivity contribution >= 4 is 35.8 Å². The highest BCUT2D eigenvalue weighted by Gasteiger charge is 1.98. The molecule has 1 aromatic heterocycles. The number of hydrogen-bond acceptors (Lipinski definition) is 4. The van der Waals surface area contributed by atoms with E-state index in [4.69, 9.17) is 4.74 Å². The average Bonchev–Trinajstić information content (AvgIpc) is 2.70. The van der Waals surface area contributed by atoms with Crippen LogP contribution in [-0.4, -0.2) is 43.7 Å². The predicted molar refractivity (Wildman–Crippen MR) is 128 cm³/mol. The fourth-order valence-corrected chi connectivity index (χ4v) is 2.43. The van der Waals surface area contributed by atoms with Crippen LogP contribution in [0.5, 0.6) is 5.75 Å². The van der Waals surface area contributed by atoms with E-state index in [0.717, 1.165) is 50.0 Å². The molecule has 0 fully saturated rings. The first-order valence-corrected chi connectivity index (χ1v) is 9.64. The molecule has 154 valence electrons. The molecule has 7 heteroatoms. The SMILES string of the molecule is CCNC(=NCCCCNc1ccccn1)NCCOc1ccc(C)cc1.I. The number of nitrogens with zero attached hydrogens (tertiary/aromatic N) is 2. The van der Waals surface area contributed by atoms with Crippen LogP contribution in [0, 0.1) is 6.92 Å². The Balaban J connectivity index is 0.00000392. The van der Waals surface area contributed by atoms with Crippen LogP contribution >= 0.6 is 24.0 Å². The van der Waals surface area contributed by atoms with Crippen molar-refractivity contribution in [2.45, 2.75) is 26.7 Å². The normalized spacial score (nSPS) is 10.7. The lowest BCUT2D eigenvalue weighted by Crippen LogP contribution is -2.39. The topological polar surface area (TPSA) is 70.6 Å². The second-order valence-electron chi connectivity index (χ2n) is 6.20. The summed E-state index contributed by atoms with van der Waals surface area (Å²) in [5, 5.41) is 9.88. The molecule has 0 spiro atoms. The number of aryl methyl sites for hydroxylation is 1. The van der Waals surface area contributed by atoms with Gasteiger partial charge in [-0.15, -0.1) is 24.0 Å². The number of unbranched alkanes of at least 4 members (excludes halogenated alkanes) is 1. The van der Waals surface area contributed by atoms with Crippen molar-refractivity contribution < 1.29 is 4.74 Å². The van der Waals surface area contributed by atoms with Crippen LogP contribution < -0.4 is 20.7 Å². The summed E-state index contributed by atoms with van der Waals surface area (Å²) in [7, 11) is 0. The lowest BCUT2D eigenvalue weighted by atomic mass is 10.2. The quantitative estimate of drug-likeness (QED) is 0.191. The minimum atomic E-state index is 0. The van der Waals surface area contributed by atoms with Gasteiger partial charge in [0.15, 0.2) is 5.96 Å². The number of guanidine groups is 1. The first kappa shape index (κ1) is 24.0. The van der Waals surface area contributed by atoms with Gasteiger partial charge in [0.1, 0.15) is 18.2 Å². The van der Waals surface area contributed by atoms with Crippen molar-refractivity contribution in [3.05, 3.63) is 54.2 Å². The van der Waals surface area contributed by atoms with E-state index in [9.17, 15) is 0 Å². The summed E-state index contributed by atoms with van der Waals surface area (Å²) in [6.07, 6.45) is 3.87. The van der Waals surface area contributed by atoms with Crippen molar-refractivity contribution in [2.24, 2.45) is 4.99 Å². The molecule has 28 heavy (non-hydrogen) atoms. The standard InChI is InChI=1S/C21H31N5O.HI/c1-3-22-21(26-16-17-27-19-11-9-18(2)10-12-19)25-15-7-6-14-24-20-8-4-5-13-23-20;/h4-5,8-13H,3,6-7,14-17H2,1-2H3,(H,23,24)(H2,22,25,26);1H. The van der Waals surface area contributed by atoms with E-state index in [1.807, 2.05) is 30.3 Å². The third-order valence-corrected chi connectivity index (χ3v) is 3.85. The molecule has 2 aromatic rings. The van der Waals surface area contributed by atoms with Gasteiger partial charge < -0.3 is 20.7 Å². The van der Waals surface area contributed by atoms with Gasteiger partial charge in [0.05, 0.1) is 6.54 Å². The third kappa shape index (κ3) is 10.3. The van der Waals surface area contributed by atoms with Crippen molar-refractivity contribution in [1.29, 1.82) is 0 Å². The molecule has 1 heterocycles. The fraction of sp³-hybridized carbons (Fsp3) is 0.429. The van der Waals surface area contributed by atoms with Gasteiger partial charge in [0.25, 0.3) is 0 Å². The maximum absolute atomic E-state index is 5.73. The van der Waals surface area contributed by atoms with E-state index in [1.54, 1.807) is 6.20 Å². The van der Waals surface area contributed by atoms with Crippen LogP contribution in [0.2, 0.25) is 0 Å². The van der Waals surface area contributed by atoms with Gasteiger partial charge in [0, 0.05) is 25.8 Å². The van der Waals surface area contributed by atoms with Crippen LogP contribution in [0.25, 0.3) is 0 Å². The van der Waals surface area contributed by atoms with Crippen LogP contribution in [0.4, 0.5) is 5.82 Å². The van der Waals surface area contributed by atoms with Crippen LogP contribution in [0.3, 0.4) is 0 Å². The van der Waals surface area contributed by atoms with Gasteiger partial charge in [0.2, 0.25) is 0 Å². The number of rotatable bonds is 11. The Hall–Kier alpha value is -2.03. The zero-order chi connectivity index (χ0) is 19.2. The number of anilines is 1. The Bertz CT molecular complexity index is 664. The first-order chi connectivity index (χ1) is 13.3. The highest BCUT2D eigenvalue weighted by Crippen LogP contribution is 2.10. The van der Waals surface area contributed by atoms with Crippen LogP contribution in [-0.2, 0) is 0 Å². The summed E-state index contributed by atoms with van der Waals surface area (Å²) < 4.78 is 5.73. The summed E-state index contributed by atoms with van der Waals surface area (Å²) in [6.45, 7) is 7.98. The fourth-order valence-electron chi connectivity index (χ4n) is 2.43. The van der Waals surface area contributed by atoms with Gasteiger partial charge in [-0.3, -0.25) is 4.99 Å².